The third-order valence-electron chi connectivity index (χ3n) is 2.69. The van der Waals surface area contributed by atoms with E-state index in [9.17, 15) is 16.8 Å². The second-order valence-electron chi connectivity index (χ2n) is 5.03. The summed E-state index contributed by atoms with van der Waals surface area (Å²) in [7, 11) is -7.58. The normalized spacial score (nSPS) is 13.3. The van der Waals surface area contributed by atoms with Crippen LogP contribution in [-0.2, 0) is 24.8 Å². The van der Waals surface area contributed by atoms with Crippen molar-refractivity contribution in [2.45, 2.75) is 36.2 Å². The molecule has 0 heterocycles. The lowest BCUT2D eigenvalue weighted by Gasteiger charge is -2.24. The summed E-state index contributed by atoms with van der Waals surface area (Å²) in [6.45, 7) is 5.92. The van der Waals surface area contributed by atoms with E-state index in [1.165, 1.54) is 12.1 Å². The molecule has 1 aromatic carbocycles. The number of hydrogen-bond acceptors (Lipinski definition) is 5. The lowest BCUT2D eigenvalue weighted by atomic mass is 10.1. The molecule has 0 aliphatic carbocycles. The zero-order chi connectivity index (χ0) is 16.3. The van der Waals surface area contributed by atoms with E-state index in [4.69, 9.17) is 9.88 Å². The van der Waals surface area contributed by atoms with Gasteiger partial charge in [0.15, 0.2) is 0 Å². The van der Waals surface area contributed by atoms with Crippen molar-refractivity contribution in [2.24, 2.45) is 5.14 Å². The molecule has 0 aliphatic rings. The van der Waals surface area contributed by atoms with Crippen LogP contribution in [0.1, 0.15) is 20.8 Å². The van der Waals surface area contributed by atoms with Crippen molar-refractivity contribution in [1.82, 2.24) is 4.72 Å². The van der Waals surface area contributed by atoms with Gasteiger partial charge in [-0.15, -0.1) is 0 Å². The number of hydrogen-bond donors (Lipinski definition) is 2. The molecule has 1 rings (SSSR count). The molecule has 0 radical (unpaired) electrons. The second kappa shape index (κ2) is 6.41. The molecule has 3 N–H and O–H groups in total. The lowest BCUT2D eigenvalue weighted by molar-refractivity contribution is -0.00515. The minimum absolute atomic E-state index is 0.0396. The van der Waals surface area contributed by atoms with Gasteiger partial charge in [-0.1, -0.05) is 0 Å². The van der Waals surface area contributed by atoms with Crippen LogP contribution in [-0.4, -0.2) is 35.6 Å². The van der Waals surface area contributed by atoms with Gasteiger partial charge < -0.3 is 4.74 Å². The molecule has 0 aromatic heterocycles. The number of sulfonamides is 2. The highest BCUT2D eigenvalue weighted by atomic mass is 32.2. The van der Waals surface area contributed by atoms with Crippen molar-refractivity contribution >= 4 is 20.0 Å². The van der Waals surface area contributed by atoms with E-state index < -0.39 is 25.6 Å². The number of rotatable bonds is 7. The number of ether oxygens (including phenoxy) is 1. The number of primary sulfonamides is 1. The van der Waals surface area contributed by atoms with E-state index in [0.29, 0.717) is 6.61 Å². The van der Waals surface area contributed by atoms with Crippen LogP contribution in [0.5, 0.6) is 0 Å². The summed E-state index contributed by atoms with van der Waals surface area (Å²) < 4.78 is 54.3. The van der Waals surface area contributed by atoms with Crippen LogP contribution in [0.3, 0.4) is 0 Å². The first-order chi connectivity index (χ1) is 9.48. The molecular formula is C12H20N2O5S2. The Bertz CT molecular complexity index is 679. The van der Waals surface area contributed by atoms with Crippen LogP contribution in [0, 0.1) is 0 Å². The van der Waals surface area contributed by atoms with E-state index in [1.807, 2.05) is 6.92 Å². The molecular weight excluding hydrogens is 316 g/mol. The van der Waals surface area contributed by atoms with Crippen LogP contribution in [0.15, 0.2) is 34.1 Å². The molecule has 21 heavy (non-hydrogen) atoms. The van der Waals surface area contributed by atoms with Crippen LogP contribution < -0.4 is 9.86 Å². The lowest BCUT2D eigenvalue weighted by Crippen LogP contribution is -2.40. The average molecular weight is 336 g/mol. The fraction of sp³-hybridized carbons (Fsp3) is 0.500. The molecule has 0 aliphatic heterocycles. The van der Waals surface area contributed by atoms with E-state index in [-0.39, 0.29) is 16.3 Å². The zero-order valence-electron chi connectivity index (χ0n) is 12.2. The van der Waals surface area contributed by atoms with Gasteiger partial charge >= 0.3 is 0 Å². The third-order valence-corrected chi connectivity index (χ3v) is 5.03. The average Bonchev–Trinajstić information content (AvgIpc) is 2.36. The predicted molar refractivity (Wildman–Crippen MR) is 78.7 cm³/mol. The van der Waals surface area contributed by atoms with Crippen LogP contribution >= 0.6 is 0 Å². The van der Waals surface area contributed by atoms with E-state index >= 15 is 0 Å². The van der Waals surface area contributed by atoms with Gasteiger partial charge in [-0.2, -0.15) is 0 Å². The summed E-state index contributed by atoms with van der Waals surface area (Å²) >= 11 is 0. The molecule has 0 saturated carbocycles. The minimum atomic E-state index is -3.84. The maximum absolute atomic E-state index is 12.1. The molecule has 0 atom stereocenters. The van der Waals surface area contributed by atoms with Gasteiger partial charge in [0.05, 0.1) is 15.4 Å². The van der Waals surface area contributed by atoms with Gasteiger partial charge in [0.1, 0.15) is 0 Å². The summed E-state index contributed by atoms with van der Waals surface area (Å²) in [6.07, 6.45) is 0. The molecule has 0 saturated heterocycles. The highest BCUT2D eigenvalue weighted by Gasteiger charge is 2.22. The van der Waals surface area contributed by atoms with Gasteiger partial charge in [-0.05, 0) is 45.0 Å². The molecule has 1 aromatic rings. The Morgan fingerprint density at radius 1 is 1.10 bits per heavy atom. The molecule has 120 valence electrons. The Hall–Kier alpha value is -1.00. The topological polar surface area (TPSA) is 116 Å². The second-order valence-corrected chi connectivity index (χ2v) is 8.36. The first-order valence-corrected chi connectivity index (χ1v) is 9.27. The molecule has 0 spiro atoms. The predicted octanol–water partition coefficient (Wildman–Crippen LogP) is 0.427. The highest BCUT2D eigenvalue weighted by molar-refractivity contribution is 7.89. The van der Waals surface area contributed by atoms with Crippen LogP contribution in [0.25, 0.3) is 0 Å². The van der Waals surface area contributed by atoms with Gasteiger partial charge in [-0.3, -0.25) is 0 Å². The largest absolute Gasteiger partial charge is 0.375 e. The summed E-state index contributed by atoms with van der Waals surface area (Å²) in [5.41, 5.74) is -0.637. The van der Waals surface area contributed by atoms with Crippen LogP contribution in [0.4, 0.5) is 0 Å². The third kappa shape index (κ3) is 5.36. The number of nitrogens with two attached hydrogens (primary N) is 1. The molecule has 7 nitrogen and oxygen atoms in total. The van der Waals surface area contributed by atoms with Crippen molar-refractivity contribution in [1.29, 1.82) is 0 Å². The number of nitrogens with one attached hydrogen (secondary N) is 1. The summed E-state index contributed by atoms with van der Waals surface area (Å²) in [6, 6.07) is 4.68. The summed E-state index contributed by atoms with van der Waals surface area (Å²) in [4.78, 5) is -0.182. The maximum atomic E-state index is 12.1. The Kier molecular flexibility index (Phi) is 5.51. The smallest absolute Gasteiger partial charge is 0.240 e. The Balaban J connectivity index is 2.89. The van der Waals surface area contributed by atoms with Crippen molar-refractivity contribution in [3.63, 3.8) is 0 Å². The Morgan fingerprint density at radius 2 is 1.57 bits per heavy atom. The van der Waals surface area contributed by atoms with Crippen molar-refractivity contribution < 1.29 is 21.6 Å². The number of benzene rings is 1. The maximum Gasteiger partial charge on any atom is 0.240 e. The first-order valence-electron chi connectivity index (χ1n) is 6.24. The zero-order valence-corrected chi connectivity index (χ0v) is 13.8. The Morgan fingerprint density at radius 3 is 2.00 bits per heavy atom. The summed E-state index contributed by atoms with van der Waals surface area (Å²) in [5.74, 6) is 0. The van der Waals surface area contributed by atoms with E-state index in [1.54, 1.807) is 13.8 Å². The standard InChI is InChI=1S/C12H20N2O5S2/c1-4-19-12(2,3)9-14-21(17,18)11-7-5-10(6-8-11)20(13,15)16/h5-8,14H,4,9H2,1-3H3,(H2,13,15,16). The molecule has 0 amide bonds. The van der Waals surface area contributed by atoms with Gasteiger partial charge in [0.2, 0.25) is 20.0 Å². The van der Waals surface area contributed by atoms with Gasteiger partial charge in [-0.25, -0.2) is 26.7 Å². The van der Waals surface area contributed by atoms with Gasteiger partial charge in [0, 0.05) is 13.2 Å². The monoisotopic (exact) mass is 336 g/mol. The summed E-state index contributed by atoms with van der Waals surface area (Å²) in [5, 5.41) is 4.96. The van der Waals surface area contributed by atoms with Crippen molar-refractivity contribution in [3.8, 4) is 0 Å². The first kappa shape index (κ1) is 18.1. The molecule has 0 bridgehead atoms. The molecule has 0 fully saturated rings. The minimum Gasteiger partial charge on any atom is -0.375 e. The quantitative estimate of drug-likeness (QED) is 0.749. The Labute approximate surface area is 125 Å². The SMILES string of the molecule is CCOC(C)(C)CNS(=O)(=O)c1ccc(S(N)(=O)=O)cc1. The fourth-order valence-electron chi connectivity index (χ4n) is 1.60. The van der Waals surface area contributed by atoms with Crippen molar-refractivity contribution in [3.05, 3.63) is 24.3 Å². The highest BCUT2D eigenvalue weighted by Crippen LogP contribution is 2.14. The molecule has 9 heteroatoms. The van der Waals surface area contributed by atoms with E-state index in [2.05, 4.69) is 4.72 Å². The van der Waals surface area contributed by atoms with Crippen LogP contribution in [0.2, 0.25) is 0 Å². The fourth-order valence-corrected chi connectivity index (χ4v) is 3.32. The van der Waals surface area contributed by atoms with Gasteiger partial charge in [0.25, 0.3) is 0 Å². The van der Waals surface area contributed by atoms with E-state index in [0.717, 1.165) is 12.1 Å². The molecule has 0 unspecified atom stereocenters. The van der Waals surface area contributed by atoms with Crippen molar-refractivity contribution in [2.75, 3.05) is 13.2 Å².